The van der Waals surface area contributed by atoms with Crippen molar-refractivity contribution in [3.8, 4) is 0 Å². The van der Waals surface area contributed by atoms with E-state index in [1.54, 1.807) is 31.3 Å². The van der Waals surface area contributed by atoms with E-state index in [-0.39, 0.29) is 17.5 Å². The number of amides is 1. The van der Waals surface area contributed by atoms with Crippen molar-refractivity contribution in [1.82, 2.24) is 9.73 Å². The maximum atomic E-state index is 12.4. The van der Waals surface area contributed by atoms with Crippen molar-refractivity contribution in [2.75, 3.05) is 20.7 Å². The Morgan fingerprint density at radius 2 is 2.11 bits per heavy atom. The predicted molar refractivity (Wildman–Crippen MR) is 99.9 cm³/mol. The Morgan fingerprint density at radius 1 is 1.41 bits per heavy atom. The average Bonchev–Trinajstić information content (AvgIpc) is 2.93. The van der Waals surface area contributed by atoms with Crippen molar-refractivity contribution in [2.45, 2.75) is 36.4 Å². The first-order chi connectivity index (χ1) is 12.7. The summed E-state index contributed by atoms with van der Waals surface area (Å²) in [7, 11) is -0.795. The van der Waals surface area contributed by atoms with Crippen molar-refractivity contribution in [3.05, 3.63) is 42.0 Å². The number of methoxy groups -OCH3 is 1. The van der Waals surface area contributed by atoms with Gasteiger partial charge in [-0.2, -0.15) is 13.5 Å². The van der Waals surface area contributed by atoms with E-state index in [1.165, 1.54) is 12.0 Å². The monoisotopic (exact) mass is 393 g/mol. The van der Waals surface area contributed by atoms with Gasteiger partial charge in [0, 0.05) is 25.6 Å². The van der Waals surface area contributed by atoms with Crippen LogP contribution in [0.5, 0.6) is 0 Å². The molecule has 9 heteroatoms. The zero-order valence-corrected chi connectivity index (χ0v) is 16.3. The van der Waals surface area contributed by atoms with Gasteiger partial charge in [-0.3, -0.25) is 0 Å². The Kier molecular flexibility index (Phi) is 5.25. The Morgan fingerprint density at radius 3 is 2.78 bits per heavy atom. The van der Waals surface area contributed by atoms with Gasteiger partial charge in [0.1, 0.15) is 5.60 Å². The summed E-state index contributed by atoms with van der Waals surface area (Å²) in [5.41, 5.74) is 0.925. The zero-order valence-electron chi connectivity index (χ0n) is 15.5. The summed E-state index contributed by atoms with van der Waals surface area (Å²) in [5.74, 6) is 0. The largest absolute Gasteiger partial charge is 0.453 e. The number of ether oxygens (including phenoxy) is 2. The lowest BCUT2D eigenvalue weighted by Crippen LogP contribution is -2.48. The summed E-state index contributed by atoms with van der Waals surface area (Å²) in [4.78, 5) is 15.6. The van der Waals surface area contributed by atoms with Crippen molar-refractivity contribution < 1.29 is 22.7 Å². The molecule has 0 radical (unpaired) electrons. The molecule has 1 saturated heterocycles. The van der Waals surface area contributed by atoms with Crippen LogP contribution in [-0.4, -0.2) is 57.5 Å². The highest BCUT2D eigenvalue weighted by atomic mass is 32.2. The molecule has 8 nitrogen and oxygen atoms in total. The number of aryl methyl sites for hydroxylation is 1. The van der Waals surface area contributed by atoms with E-state index in [0.717, 1.165) is 5.56 Å². The molecule has 1 amide bonds. The van der Waals surface area contributed by atoms with Crippen LogP contribution in [0.1, 0.15) is 18.4 Å². The Labute approximate surface area is 158 Å². The standard InChI is InChI=1S/C18H23N3O5S/c1-13-4-6-16(7-5-13)27(23,24)20-19-14-10-15-8-9-18(11-14,26-15)12-21(2)17(22)25-3/h4-9,15,20H,10-12H2,1-3H3/b19-14+/t15-,18+/m1/s1. The van der Waals surface area contributed by atoms with Crippen molar-refractivity contribution in [1.29, 1.82) is 0 Å². The number of hydrazone groups is 1. The van der Waals surface area contributed by atoms with E-state index in [2.05, 4.69) is 9.93 Å². The first kappa shape index (κ1) is 19.4. The second-order valence-corrected chi connectivity index (χ2v) is 8.53. The molecule has 1 fully saturated rings. The molecule has 0 aliphatic carbocycles. The van der Waals surface area contributed by atoms with Crippen LogP contribution in [0.15, 0.2) is 46.4 Å². The SMILES string of the molecule is COC(=O)N(C)C[C@]12C=C[C@H](C/C(=N\NS(=O)(=O)c3ccc(C)cc3)C1)O2. The lowest BCUT2D eigenvalue weighted by Gasteiger charge is -2.36. The zero-order chi connectivity index (χ0) is 19.7. The topological polar surface area (TPSA) is 97.3 Å². The number of carbonyl (C=O) groups excluding carboxylic acids is 1. The molecular weight excluding hydrogens is 370 g/mol. The minimum Gasteiger partial charge on any atom is -0.453 e. The first-order valence-electron chi connectivity index (χ1n) is 8.53. The number of nitrogens with one attached hydrogen (secondary N) is 1. The van der Waals surface area contributed by atoms with Crippen LogP contribution >= 0.6 is 0 Å². The summed E-state index contributed by atoms with van der Waals surface area (Å²) in [5, 5.41) is 4.14. The molecule has 0 saturated carbocycles. The third kappa shape index (κ3) is 4.30. The van der Waals surface area contributed by atoms with Crippen molar-refractivity contribution >= 4 is 21.8 Å². The van der Waals surface area contributed by atoms with Gasteiger partial charge in [0.25, 0.3) is 10.0 Å². The number of fused-ring (bicyclic) bond motifs is 2. The number of hydrogen-bond acceptors (Lipinski definition) is 6. The first-order valence-corrected chi connectivity index (χ1v) is 10.0. The molecule has 2 heterocycles. The van der Waals surface area contributed by atoms with Gasteiger partial charge in [0.05, 0.1) is 24.7 Å². The molecule has 1 aromatic carbocycles. The van der Waals surface area contributed by atoms with Crippen LogP contribution in [0.2, 0.25) is 0 Å². The van der Waals surface area contributed by atoms with E-state index in [4.69, 9.17) is 9.47 Å². The molecule has 27 heavy (non-hydrogen) atoms. The van der Waals surface area contributed by atoms with Gasteiger partial charge in [0.2, 0.25) is 0 Å². The molecular formula is C18H23N3O5S. The Hall–Kier alpha value is -2.39. The minimum absolute atomic E-state index is 0.158. The third-order valence-corrected chi connectivity index (χ3v) is 5.81. The fraction of sp³-hybridized carbons (Fsp3) is 0.444. The maximum Gasteiger partial charge on any atom is 0.409 e. The number of rotatable bonds is 5. The van der Waals surface area contributed by atoms with E-state index < -0.39 is 21.7 Å². The molecule has 3 rings (SSSR count). The second kappa shape index (κ2) is 7.32. The molecule has 1 aromatic rings. The number of carbonyl (C=O) groups is 1. The third-order valence-electron chi connectivity index (χ3n) is 4.59. The van der Waals surface area contributed by atoms with Crippen LogP contribution in [0.4, 0.5) is 4.79 Å². The smallest absolute Gasteiger partial charge is 0.409 e. The number of nitrogens with zero attached hydrogens (tertiary/aromatic N) is 2. The molecule has 2 aliphatic heterocycles. The quantitative estimate of drug-likeness (QED) is 0.608. The van der Waals surface area contributed by atoms with Crippen LogP contribution in [0.3, 0.4) is 0 Å². The van der Waals surface area contributed by atoms with Gasteiger partial charge in [-0.25, -0.2) is 9.63 Å². The molecule has 2 aliphatic rings. The number of benzene rings is 1. The van der Waals surface area contributed by atoms with Gasteiger partial charge in [0.15, 0.2) is 0 Å². The van der Waals surface area contributed by atoms with Gasteiger partial charge in [-0.1, -0.05) is 29.8 Å². The number of likely N-dealkylation sites (N-methyl/N-ethyl adjacent to an activating group) is 1. The van der Waals surface area contributed by atoms with Gasteiger partial charge in [-0.05, 0) is 19.1 Å². The van der Waals surface area contributed by atoms with Crippen molar-refractivity contribution in [2.24, 2.45) is 5.10 Å². The fourth-order valence-electron chi connectivity index (χ4n) is 3.27. The Bertz CT molecular complexity index is 879. The maximum absolute atomic E-state index is 12.4. The van der Waals surface area contributed by atoms with Crippen molar-refractivity contribution in [3.63, 3.8) is 0 Å². The molecule has 146 valence electrons. The molecule has 0 spiro atoms. The molecule has 1 N–H and O–H groups in total. The normalized spacial score (nSPS) is 25.4. The highest BCUT2D eigenvalue weighted by Crippen LogP contribution is 2.35. The van der Waals surface area contributed by atoms with E-state index in [9.17, 15) is 13.2 Å². The van der Waals surface area contributed by atoms with E-state index in [1.807, 2.05) is 19.1 Å². The van der Waals surface area contributed by atoms with E-state index in [0.29, 0.717) is 18.6 Å². The van der Waals surface area contributed by atoms with Gasteiger partial charge >= 0.3 is 6.09 Å². The molecule has 2 bridgehead atoms. The Balaban J connectivity index is 1.72. The lowest BCUT2D eigenvalue weighted by molar-refractivity contribution is -0.0426. The average molecular weight is 393 g/mol. The summed E-state index contributed by atoms with van der Waals surface area (Å²) in [6, 6.07) is 6.55. The highest BCUT2D eigenvalue weighted by Gasteiger charge is 2.43. The second-order valence-electron chi connectivity index (χ2n) is 6.87. The minimum atomic E-state index is -3.73. The highest BCUT2D eigenvalue weighted by molar-refractivity contribution is 7.89. The summed E-state index contributed by atoms with van der Waals surface area (Å²) < 4.78 is 35.5. The lowest BCUT2D eigenvalue weighted by atomic mass is 9.94. The van der Waals surface area contributed by atoms with E-state index >= 15 is 0 Å². The molecule has 2 atom stereocenters. The predicted octanol–water partition coefficient (Wildman–Crippen LogP) is 1.82. The molecule has 0 aromatic heterocycles. The number of sulfonamides is 1. The van der Waals surface area contributed by atoms with Gasteiger partial charge < -0.3 is 14.4 Å². The van der Waals surface area contributed by atoms with Crippen LogP contribution in [0.25, 0.3) is 0 Å². The summed E-state index contributed by atoms with van der Waals surface area (Å²) in [6.07, 6.45) is 4.06. The summed E-state index contributed by atoms with van der Waals surface area (Å²) >= 11 is 0. The van der Waals surface area contributed by atoms with Crippen LogP contribution < -0.4 is 4.83 Å². The van der Waals surface area contributed by atoms with Crippen LogP contribution in [0, 0.1) is 6.92 Å². The summed E-state index contributed by atoms with van der Waals surface area (Å²) in [6.45, 7) is 2.18. The number of hydrogen-bond donors (Lipinski definition) is 1. The fourth-order valence-corrected chi connectivity index (χ4v) is 4.12. The van der Waals surface area contributed by atoms with Crippen LogP contribution in [-0.2, 0) is 19.5 Å². The molecule has 0 unspecified atom stereocenters. The van der Waals surface area contributed by atoms with Gasteiger partial charge in [-0.15, -0.1) is 0 Å².